The van der Waals surface area contributed by atoms with Gasteiger partial charge in [-0.3, -0.25) is 9.59 Å². The Balaban J connectivity index is 1.40. The highest BCUT2D eigenvalue weighted by Gasteiger charge is 2.41. The summed E-state index contributed by atoms with van der Waals surface area (Å²) in [6.45, 7) is 4.58. The van der Waals surface area contributed by atoms with Crippen molar-refractivity contribution in [2.45, 2.75) is 77.4 Å². The topological polar surface area (TPSA) is 84.9 Å². The lowest BCUT2D eigenvalue weighted by atomic mass is 9.95. The fourth-order valence-corrected chi connectivity index (χ4v) is 6.59. The number of nitrogens with zero attached hydrogens (tertiary/aromatic N) is 1. The molecule has 0 radical (unpaired) electrons. The van der Waals surface area contributed by atoms with Crippen molar-refractivity contribution < 1.29 is 23.9 Å². The number of hydrogen-bond donors (Lipinski definition) is 1. The van der Waals surface area contributed by atoms with Crippen molar-refractivity contribution in [1.29, 1.82) is 0 Å². The highest BCUT2D eigenvalue weighted by atomic mass is 32.1. The van der Waals surface area contributed by atoms with Gasteiger partial charge >= 0.3 is 6.09 Å². The molecule has 0 aliphatic carbocycles. The van der Waals surface area contributed by atoms with Gasteiger partial charge in [-0.2, -0.15) is 0 Å². The second-order valence-corrected chi connectivity index (χ2v) is 12.1. The third-order valence-electron chi connectivity index (χ3n) is 7.99. The Labute approximate surface area is 259 Å². The molecular weight excluding hydrogens is 560 g/mol. The summed E-state index contributed by atoms with van der Waals surface area (Å²) in [7, 11) is 1.71. The van der Waals surface area contributed by atoms with Crippen LogP contribution in [0.2, 0.25) is 0 Å². The quantitative estimate of drug-likeness (QED) is 0.181. The van der Waals surface area contributed by atoms with Gasteiger partial charge in [-0.15, -0.1) is 11.3 Å². The molecule has 0 saturated carbocycles. The first kappa shape index (κ1) is 32.4. The number of hydrogen-bond acceptors (Lipinski definition) is 6. The lowest BCUT2D eigenvalue weighted by Crippen LogP contribution is -2.47. The summed E-state index contributed by atoms with van der Waals surface area (Å²) in [5.41, 5.74) is 4.19. The summed E-state index contributed by atoms with van der Waals surface area (Å²) in [6.07, 6.45) is 5.78. The Hall–Kier alpha value is -3.49. The lowest BCUT2D eigenvalue weighted by Gasteiger charge is -2.25. The van der Waals surface area contributed by atoms with Gasteiger partial charge in [0, 0.05) is 30.9 Å². The summed E-state index contributed by atoms with van der Waals surface area (Å²) in [6, 6.07) is 19.7. The molecule has 1 fully saturated rings. The van der Waals surface area contributed by atoms with Crippen LogP contribution in [0.25, 0.3) is 11.1 Å². The van der Waals surface area contributed by atoms with E-state index in [4.69, 9.17) is 9.47 Å². The molecule has 1 aliphatic heterocycles. The van der Waals surface area contributed by atoms with Crippen LogP contribution in [0, 0.1) is 5.92 Å². The summed E-state index contributed by atoms with van der Waals surface area (Å²) in [4.78, 5) is 41.1. The molecule has 2 unspecified atom stereocenters. The molecule has 3 amide bonds. The van der Waals surface area contributed by atoms with E-state index in [1.807, 2.05) is 49.4 Å². The van der Waals surface area contributed by atoms with Crippen LogP contribution in [0.5, 0.6) is 0 Å². The zero-order valence-corrected chi connectivity index (χ0v) is 26.4. The Morgan fingerprint density at radius 1 is 1.00 bits per heavy atom. The third-order valence-corrected chi connectivity index (χ3v) is 8.95. The Morgan fingerprint density at radius 2 is 1.77 bits per heavy atom. The number of rotatable bonds is 16. The first-order valence-electron chi connectivity index (χ1n) is 15.5. The van der Waals surface area contributed by atoms with Gasteiger partial charge in [-0.25, -0.2) is 9.69 Å². The van der Waals surface area contributed by atoms with E-state index in [0.29, 0.717) is 19.4 Å². The SMILES string of the molecule is CCCCCCC(Cc1cc(-c2ccc(C[C@H](OCC)C(=O)N3C(=O)OCC3Cc3ccccc3)cc2)cs1)C(=O)NC. The van der Waals surface area contributed by atoms with Gasteiger partial charge in [-0.05, 0) is 59.9 Å². The highest BCUT2D eigenvalue weighted by molar-refractivity contribution is 7.10. The van der Waals surface area contributed by atoms with E-state index < -0.39 is 12.2 Å². The van der Waals surface area contributed by atoms with Crippen LogP contribution in [-0.4, -0.2) is 55.2 Å². The second kappa shape index (κ2) is 16.4. The zero-order chi connectivity index (χ0) is 30.6. The fourth-order valence-electron chi connectivity index (χ4n) is 5.62. The number of carbonyl (C=O) groups excluding carboxylic acids is 3. The van der Waals surface area contributed by atoms with Crippen LogP contribution in [0.1, 0.15) is 62.0 Å². The Kier molecular flexibility index (Phi) is 12.4. The minimum absolute atomic E-state index is 0.0102. The standard InChI is InChI=1S/C35H44N2O5S/c1-4-6-7-11-14-28(33(38)36-3)21-31-22-29(24-43-31)27-17-15-26(16-18-27)20-32(41-5-2)34(39)37-30(23-42-35(37)40)19-25-12-9-8-10-13-25/h8-10,12-13,15-18,22,24,28,30,32H,4-7,11,14,19-21,23H2,1-3H3,(H,36,38)/t28?,30?,32-/m0/s1. The first-order chi connectivity index (χ1) is 20.9. The Bertz CT molecular complexity index is 1320. The van der Waals surface area contributed by atoms with Gasteiger partial charge in [0.1, 0.15) is 12.7 Å². The van der Waals surface area contributed by atoms with Crippen LogP contribution in [0.3, 0.4) is 0 Å². The molecule has 0 bridgehead atoms. The highest BCUT2D eigenvalue weighted by Crippen LogP contribution is 2.29. The minimum atomic E-state index is -0.786. The molecule has 2 heterocycles. The number of benzene rings is 2. The number of cyclic esters (lactones) is 1. The molecule has 43 heavy (non-hydrogen) atoms. The summed E-state index contributed by atoms with van der Waals surface area (Å²) < 4.78 is 11.1. The van der Waals surface area contributed by atoms with Crippen molar-refractivity contribution in [3.8, 4) is 11.1 Å². The molecule has 3 atom stereocenters. The molecule has 4 rings (SSSR count). The number of nitrogens with one attached hydrogen (secondary N) is 1. The predicted octanol–water partition coefficient (Wildman–Crippen LogP) is 6.83. The van der Waals surface area contributed by atoms with E-state index in [0.717, 1.165) is 47.9 Å². The van der Waals surface area contributed by atoms with Gasteiger partial charge in [0.15, 0.2) is 0 Å². The van der Waals surface area contributed by atoms with Crippen LogP contribution in [-0.2, 0) is 38.3 Å². The van der Waals surface area contributed by atoms with E-state index in [1.54, 1.807) is 18.4 Å². The number of carbonyl (C=O) groups is 3. The largest absolute Gasteiger partial charge is 0.447 e. The fraction of sp³-hybridized carbons (Fsp3) is 0.457. The van der Waals surface area contributed by atoms with E-state index in [-0.39, 0.29) is 30.4 Å². The van der Waals surface area contributed by atoms with Gasteiger partial charge < -0.3 is 14.8 Å². The van der Waals surface area contributed by atoms with E-state index >= 15 is 0 Å². The van der Waals surface area contributed by atoms with Gasteiger partial charge in [-0.1, -0.05) is 87.2 Å². The molecule has 1 aromatic heterocycles. The van der Waals surface area contributed by atoms with Gasteiger partial charge in [0.2, 0.25) is 5.91 Å². The number of ether oxygens (including phenoxy) is 2. The van der Waals surface area contributed by atoms with E-state index in [2.05, 4.69) is 35.8 Å². The van der Waals surface area contributed by atoms with Crippen LogP contribution < -0.4 is 5.32 Å². The smallest absolute Gasteiger partial charge is 0.417 e. The zero-order valence-electron chi connectivity index (χ0n) is 25.6. The average molecular weight is 605 g/mol. The van der Waals surface area contributed by atoms with Crippen LogP contribution in [0.15, 0.2) is 66.0 Å². The van der Waals surface area contributed by atoms with Crippen molar-refractivity contribution in [3.05, 3.63) is 82.0 Å². The van der Waals surface area contributed by atoms with Crippen molar-refractivity contribution in [2.75, 3.05) is 20.3 Å². The molecule has 2 aromatic carbocycles. The van der Waals surface area contributed by atoms with E-state index in [1.165, 1.54) is 22.6 Å². The average Bonchev–Trinajstić information content (AvgIpc) is 3.64. The lowest BCUT2D eigenvalue weighted by molar-refractivity contribution is -0.141. The third kappa shape index (κ3) is 9.00. The Morgan fingerprint density at radius 3 is 2.47 bits per heavy atom. The second-order valence-electron chi connectivity index (χ2n) is 11.1. The molecule has 1 saturated heterocycles. The van der Waals surface area contributed by atoms with Crippen LogP contribution in [0.4, 0.5) is 4.79 Å². The van der Waals surface area contributed by atoms with Crippen molar-refractivity contribution in [2.24, 2.45) is 5.92 Å². The van der Waals surface area contributed by atoms with Crippen molar-refractivity contribution >= 4 is 29.2 Å². The molecule has 1 aliphatic rings. The summed E-state index contributed by atoms with van der Waals surface area (Å²) >= 11 is 1.69. The molecule has 0 spiro atoms. The summed E-state index contributed by atoms with van der Waals surface area (Å²) in [5, 5.41) is 4.98. The van der Waals surface area contributed by atoms with E-state index in [9.17, 15) is 14.4 Å². The maximum Gasteiger partial charge on any atom is 0.417 e. The summed E-state index contributed by atoms with van der Waals surface area (Å²) in [5.74, 6) is -0.260. The molecule has 8 heteroatoms. The van der Waals surface area contributed by atoms with Crippen molar-refractivity contribution in [1.82, 2.24) is 10.2 Å². The maximum atomic E-state index is 13.6. The molecule has 7 nitrogen and oxygen atoms in total. The molecule has 3 aromatic rings. The number of thiophene rings is 1. The molecule has 230 valence electrons. The number of imide groups is 1. The number of unbranched alkanes of at least 4 members (excludes halogenated alkanes) is 3. The molecular formula is C35H44N2O5S. The maximum absolute atomic E-state index is 13.6. The normalized spacial score (nSPS) is 16.1. The predicted molar refractivity (Wildman–Crippen MR) is 171 cm³/mol. The first-order valence-corrected chi connectivity index (χ1v) is 16.3. The number of amides is 3. The van der Waals surface area contributed by atoms with Gasteiger partial charge in [0.05, 0.1) is 6.04 Å². The monoisotopic (exact) mass is 604 g/mol. The molecule has 1 N–H and O–H groups in total. The minimum Gasteiger partial charge on any atom is -0.447 e. The van der Waals surface area contributed by atoms with Gasteiger partial charge in [0.25, 0.3) is 5.91 Å². The van der Waals surface area contributed by atoms with Crippen LogP contribution >= 0.6 is 11.3 Å². The van der Waals surface area contributed by atoms with Crippen molar-refractivity contribution in [3.63, 3.8) is 0 Å².